The van der Waals surface area contributed by atoms with E-state index < -0.39 is 0 Å². The van der Waals surface area contributed by atoms with Gasteiger partial charge in [0.05, 0.1) is 30.8 Å². The van der Waals surface area contributed by atoms with E-state index in [0.717, 1.165) is 61.0 Å². The van der Waals surface area contributed by atoms with Crippen LogP contribution in [0.2, 0.25) is 0 Å². The Hall–Kier alpha value is -2.70. The van der Waals surface area contributed by atoms with Crippen LogP contribution >= 0.6 is 0 Å². The third-order valence-electron chi connectivity index (χ3n) is 4.98. The summed E-state index contributed by atoms with van der Waals surface area (Å²) < 4.78 is 7.54. The molecule has 1 saturated heterocycles. The summed E-state index contributed by atoms with van der Waals surface area (Å²) in [7, 11) is 2.04. The van der Waals surface area contributed by atoms with Crippen molar-refractivity contribution in [1.29, 1.82) is 0 Å². The van der Waals surface area contributed by atoms with E-state index in [4.69, 9.17) is 9.72 Å². The van der Waals surface area contributed by atoms with E-state index in [9.17, 15) is 4.79 Å². The molecule has 27 heavy (non-hydrogen) atoms. The molecule has 1 aliphatic heterocycles. The smallest absolute Gasteiger partial charge is 0.255 e. The van der Waals surface area contributed by atoms with Gasteiger partial charge in [0.15, 0.2) is 0 Å². The minimum Gasteiger partial charge on any atom is -0.379 e. The Morgan fingerprint density at radius 3 is 2.78 bits per heavy atom. The number of hydrogen-bond donors (Lipinski definition) is 1. The number of anilines is 1. The van der Waals surface area contributed by atoms with E-state index in [1.807, 2.05) is 56.4 Å². The van der Waals surface area contributed by atoms with E-state index in [0.29, 0.717) is 5.56 Å². The molecule has 140 valence electrons. The number of rotatable bonds is 4. The second-order valence-electron chi connectivity index (χ2n) is 7.00. The fourth-order valence-electron chi connectivity index (χ4n) is 3.42. The first-order valence-corrected chi connectivity index (χ1v) is 9.23. The Morgan fingerprint density at radius 2 is 2.00 bits per heavy atom. The number of fused-ring (bicyclic) bond motifs is 1. The quantitative estimate of drug-likeness (QED) is 0.773. The number of carbonyl (C=O) groups is 1. The molecule has 0 radical (unpaired) electrons. The van der Waals surface area contributed by atoms with Crippen LogP contribution in [0.3, 0.4) is 0 Å². The second kappa shape index (κ2) is 7.50. The Labute approximate surface area is 158 Å². The van der Waals surface area contributed by atoms with Crippen LogP contribution in [-0.2, 0) is 18.3 Å². The summed E-state index contributed by atoms with van der Waals surface area (Å²) in [6.07, 6.45) is 0. The van der Waals surface area contributed by atoms with Crippen LogP contribution in [0.15, 0.2) is 42.5 Å². The summed E-state index contributed by atoms with van der Waals surface area (Å²) in [6, 6.07) is 13.5. The Balaban J connectivity index is 1.54. The summed E-state index contributed by atoms with van der Waals surface area (Å²) in [5.74, 6) is 0.914. The molecule has 1 N–H and O–H groups in total. The fraction of sp³-hybridized carbons (Fsp3) is 0.333. The Kier molecular flexibility index (Phi) is 4.92. The highest BCUT2D eigenvalue weighted by molar-refractivity contribution is 6.05. The highest BCUT2D eigenvalue weighted by Crippen LogP contribution is 2.21. The van der Waals surface area contributed by atoms with Crippen molar-refractivity contribution in [3.05, 3.63) is 59.4 Å². The number of benzene rings is 2. The molecule has 3 aromatic rings. The number of nitrogens with one attached hydrogen (secondary N) is 1. The number of aromatic nitrogens is 2. The Bertz CT molecular complexity index is 973. The monoisotopic (exact) mass is 364 g/mol. The SMILES string of the molecule is Cc1cccc(C(=O)Nc2ccc3c(c2)nc(CN2CCOCC2)n3C)c1. The van der Waals surface area contributed by atoms with Gasteiger partial charge in [0, 0.05) is 31.4 Å². The van der Waals surface area contributed by atoms with Gasteiger partial charge in [-0.1, -0.05) is 17.7 Å². The van der Waals surface area contributed by atoms with Gasteiger partial charge in [-0.25, -0.2) is 4.98 Å². The van der Waals surface area contributed by atoms with Gasteiger partial charge in [0.2, 0.25) is 0 Å². The normalized spacial score (nSPS) is 15.2. The number of ether oxygens (including phenoxy) is 1. The standard InChI is InChI=1S/C21H24N4O2/c1-15-4-3-5-16(12-15)21(26)22-17-6-7-19-18(13-17)23-20(24(19)2)14-25-8-10-27-11-9-25/h3-7,12-13H,8-11,14H2,1-2H3,(H,22,26). The van der Waals surface area contributed by atoms with Gasteiger partial charge in [0.25, 0.3) is 5.91 Å². The molecule has 2 aromatic carbocycles. The summed E-state index contributed by atoms with van der Waals surface area (Å²) in [6.45, 7) is 6.20. The summed E-state index contributed by atoms with van der Waals surface area (Å²) in [5.41, 5.74) is 4.43. The maximum absolute atomic E-state index is 12.5. The lowest BCUT2D eigenvalue weighted by Crippen LogP contribution is -2.36. The van der Waals surface area contributed by atoms with Crippen molar-refractivity contribution in [3.63, 3.8) is 0 Å². The van der Waals surface area contributed by atoms with Crippen molar-refractivity contribution in [2.24, 2.45) is 7.05 Å². The molecule has 1 fully saturated rings. The lowest BCUT2D eigenvalue weighted by Gasteiger charge is -2.26. The number of amides is 1. The average Bonchev–Trinajstić information content (AvgIpc) is 2.97. The molecule has 6 heteroatoms. The van der Waals surface area contributed by atoms with Gasteiger partial charge in [-0.3, -0.25) is 9.69 Å². The van der Waals surface area contributed by atoms with Crippen molar-refractivity contribution in [1.82, 2.24) is 14.5 Å². The number of nitrogens with zero attached hydrogens (tertiary/aromatic N) is 3. The van der Waals surface area contributed by atoms with Crippen molar-refractivity contribution in [2.75, 3.05) is 31.6 Å². The molecule has 1 amide bonds. The third kappa shape index (κ3) is 3.86. The highest BCUT2D eigenvalue weighted by atomic mass is 16.5. The van der Waals surface area contributed by atoms with Crippen LogP contribution in [-0.4, -0.2) is 46.7 Å². The van der Waals surface area contributed by atoms with Gasteiger partial charge < -0.3 is 14.6 Å². The first-order chi connectivity index (χ1) is 13.1. The van der Waals surface area contributed by atoms with E-state index in [1.54, 1.807) is 0 Å². The number of morpholine rings is 1. The number of hydrogen-bond acceptors (Lipinski definition) is 4. The van der Waals surface area contributed by atoms with Gasteiger partial charge >= 0.3 is 0 Å². The molecule has 2 heterocycles. The molecule has 0 spiro atoms. The second-order valence-corrected chi connectivity index (χ2v) is 7.00. The molecular weight excluding hydrogens is 340 g/mol. The molecule has 1 aromatic heterocycles. The largest absolute Gasteiger partial charge is 0.379 e. The van der Waals surface area contributed by atoms with E-state index >= 15 is 0 Å². The lowest BCUT2D eigenvalue weighted by atomic mass is 10.1. The molecule has 0 unspecified atom stereocenters. The topological polar surface area (TPSA) is 59.4 Å². The highest BCUT2D eigenvalue weighted by Gasteiger charge is 2.15. The first kappa shape index (κ1) is 17.7. The van der Waals surface area contributed by atoms with E-state index in [2.05, 4.69) is 14.8 Å². The van der Waals surface area contributed by atoms with Crippen LogP contribution in [0.5, 0.6) is 0 Å². The van der Waals surface area contributed by atoms with Crippen molar-refractivity contribution < 1.29 is 9.53 Å². The number of imidazole rings is 1. The molecular formula is C21H24N4O2. The minimum atomic E-state index is -0.109. The van der Waals surface area contributed by atoms with Crippen molar-refractivity contribution >= 4 is 22.6 Å². The summed E-state index contributed by atoms with van der Waals surface area (Å²) in [4.78, 5) is 19.6. The van der Waals surface area contributed by atoms with Gasteiger partial charge in [-0.2, -0.15) is 0 Å². The van der Waals surface area contributed by atoms with Gasteiger partial charge in [0.1, 0.15) is 5.82 Å². The van der Waals surface area contributed by atoms with Gasteiger partial charge in [-0.05, 0) is 37.3 Å². The molecule has 1 aliphatic rings. The van der Waals surface area contributed by atoms with Crippen LogP contribution < -0.4 is 5.32 Å². The predicted molar refractivity (Wildman–Crippen MR) is 106 cm³/mol. The molecule has 0 bridgehead atoms. The summed E-state index contributed by atoms with van der Waals surface area (Å²) >= 11 is 0. The molecule has 0 saturated carbocycles. The molecule has 0 aliphatic carbocycles. The van der Waals surface area contributed by atoms with Gasteiger partial charge in [-0.15, -0.1) is 0 Å². The zero-order valence-electron chi connectivity index (χ0n) is 15.7. The van der Waals surface area contributed by atoms with Crippen LogP contribution in [0.25, 0.3) is 11.0 Å². The molecule has 4 rings (SSSR count). The Morgan fingerprint density at radius 1 is 1.19 bits per heavy atom. The van der Waals surface area contributed by atoms with E-state index in [1.165, 1.54) is 0 Å². The zero-order valence-corrected chi connectivity index (χ0v) is 15.7. The number of carbonyl (C=O) groups excluding carboxylic acids is 1. The average molecular weight is 364 g/mol. The maximum Gasteiger partial charge on any atom is 0.255 e. The number of aryl methyl sites for hydroxylation is 2. The predicted octanol–water partition coefficient (Wildman–Crippen LogP) is 2.97. The first-order valence-electron chi connectivity index (χ1n) is 9.23. The maximum atomic E-state index is 12.5. The molecule has 6 nitrogen and oxygen atoms in total. The lowest BCUT2D eigenvalue weighted by molar-refractivity contribution is 0.0328. The van der Waals surface area contributed by atoms with E-state index in [-0.39, 0.29) is 5.91 Å². The summed E-state index contributed by atoms with van der Waals surface area (Å²) in [5, 5.41) is 2.97. The fourth-order valence-corrected chi connectivity index (χ4v) is 3.42. The van der Waals surface area contributed by atoms with Crippen molar-refractivity contribution in [3.8, 4) is 0 Å². The van der Waals surface area contributed by atoms with Crippen LogP contribution in [0, 0.1) is 6.92 Å². The van der Waals surface area contributed by atoms with Crippen LogP contribution in [0.4, 0.5) is 5.69 Å². The molecule has 0 atom stereocenters. The van der Waals surface area contributed by atoms with Crippen molar-refractivity contribution in [2.45, 2.75) is 13.5 Å². The third-order valence-corrected chi connectivity index (χ3v) is 4.98. The van der Waals surface area contributed by atoms with Crippen LogP contribution in [0.1, 0.15) is 21.7 Å². The minimum absolute atomic E-state index is 0.109. The zero-order chi connectivity index (χ0) is 18.8.